The van der Waals surface area contributed by atoms with E-state index in [9.17, 15) is 0 Å². The van der Waals surface area contributed by atoms with Gasteiger partial charge in [-0.2, -0.15) is 0 Å². The lowest BCUT2D eigenvalue weighted by Gasteiger charge is -2.51. The second-order valence-electron chi connectivity index (χ2n) is 13.0. The maximum atomic E-state index is 3.89. The maximum Gasteiger partial charge on any atom is 0.0170 e. The SMILES string of the molecule is CC1C(NCCCCCCNC2CC(C)(C)NC(C)(C)C2C)CC(C)(C)NC1(C)C. The van der Waals surface area contributed by atoms with Crippen molar-refractivity contribution in [2.45, 2.75) is 142 Å². The van der Waals surface area contributed by atoms with Crippen LogP contribution in [0.15, 0.2) is 0 Å². The molecule has 4 heteroatoms. The van der Waals surface area contributed by atoms with Gasteiger partial charge in [-0.25, -0.2) is 0 Å². The Morgan fingerprint density at radius 2 is 0.933 bits per heavy atom. The summed E-state index contributed by atoms with van der Waals surface area (Å²) in [5, 5.41) is 15.4. The van der Waals surface area contributed by atoms with Crippen LogP contribution in [-0.4, -0.2) is 47.3 Å². The summed E-state index contributed by atoms with van der Waals surface area (Å²) in [6.45, 7) is 25.9. The molecule has 2 rings (SSSR count). The van der Waals surface area contributed by atoms with Gasteiger partial charge in [0.1, 0.15) is 0 Å². The van der Waals surface area contributed by atoms with Crippen LogP contribution in [0.2, 0.25) is 0 Å². The van der Waals surface area contributed by atoms with E-state index in [1.807, 2.05) is 0 Å². The van der Waals surface area contributed by atoms with Crippen molar-refractivity contribution in [3.05, 3.63) is 0 Å². The molecule has 4 nitrogen and oxygen atoms in total. The van der Waals surface area contributed by atoms with Crippen molar-refractivity contribution in [3.63, 3.8) is 0 Å². The Balaban J connectivity index is 1.61. The monoisotopic (exact) mass is 422 g/mol. The molecule has 2 heterocycles. The van der Waals surface area contributed by atoms with Gasteiger partial charge >= 0.3 is 0 Å². The highest BCUT2D eigenvalue weighted by atomic mass is 15.1. The average molecular weight is 423 g/mol. The van der Waals surface area contributed by atoms with Gasteiger partial charge < -0.3 is 21.3 Å². The molecule has 178 valence electrons. The second-order valence-corrected chi connectivity index (χ2v) is 13.0. The van der Waals surface area contributed by atoms with Gasteiger partial charge in [-0.3, -0.25) is 0 Å². The zero-order valence-electron chi connectivity index (χ0n) is 22.0. The molecule has 0 aromatic heterocycles. The molecule has 4 unspecified atom stereocenters. The molecule has 2 fully saturated rings. The van der Waals surface area contributed by atoms with Crippen molar-refractivity contribution in [2.75, 3.05) is 13.1 Å². The third-order valence-corrected chi connectivity index (χ3v) is 8.18. The van der Waals surface area contributed by atoms with Crippen molar-refractivity contribution in [1.29, 1.82) is 0 Å². The van der Waals surface area contributed by atoms with Crippen LogP contribution in [0.5, 0.6) is 0 Å². The Hall–Kier alpha value is -0.160. The molecule has 0 aliphatic carbocycles. The summed E-state index contributed by atoms with van der Waals surface area (Å²) in [5.41, 5.74) is 0.822. The maximum absolute atomic E-state index is 3.89. The van der Waals surface area contributed by atoms with Gasteiger partial charge in [0.05, 0.1) is 0 Å². The first kappa shape index (κ1) is 26.1. The van der Waals surface area contributed by atoms with E-state index in [1.54, 1.807) is 0 Å². The molecular weight excluding hydrogens is 368 g/mol. The zero-order chi connectivity index (χ0) is 22.8. The number of unbranched alkanes of at least 4 members (excludes halogenated alkanes) is 3. The first-order valence-corrected chi connectivity index (χ1v) is 12.7. The van der Waals surface area contributed by atoms with E-state index >= 15 is 0 Å². The Morgan fingerprint density at radius 3 is 1.27 bits per heavy atom. The van der Waals surface area contributed by atoms with E-state index in [0.29, 0.717) is 23.9 Å². The van der Waals surface area contributed by atoms with Crippen molar-refractivity contribution in [2.24, 2.45) is 11.8 Å². The largest absolute Gasteiger partial charge is 0.314 e. The Kier molecular flexibility index (Phi) is 8.50. The van der Waals surface area contributed by atoms with E-state index in [1.165, 1.54) is 38.5 Å². The standard InChI is InChI=1S/C26H54N4/c1-19-21(17-23(3,4)29-25(19,7)8)27-15-13-11-12-14-16-28-22-18-24(5,6)30-26(9,10)20(22)2/h19-22,27-30H,11-18H2,1-10H3. The number of piperidine rings is 2. The highest BCUT2D eigenvalue weighted by Gasteiger charge is 2.43. The first-order chi connectivity index (χ1) is 13.7. The number of hydrogen-bond donors (Lipinski definition) is 4. The summed E-state index contributed by atoms with van der Waals surface area (Å²) in [6, 6.07) is 1.23. The molecule has 0 aromatic carbocycles. The van der Waals surface area contributed by atoms with E-state index in [-0.39, 0.29) is 22.2 Å². The highest BCUT2D eigenvalue weighted by Crippen LogP contribution is 2.34. The van der Waals surface area contributed by atoms with Crippen LogP contribution < -0.4 is 21.3 Å². The van der Waals surface area contributed by atoms with Crippen molar-refractivity contribution >= 4 is 0 Å². The Bertz CT molecular complexity index is 489. The van der Waals surface area contributed by atoms with Gasteiger partial charge in [-0.05, 0) is 106 Å². The molecule has 4 atom stereocenters. The molecule has 4 N–H and O–H groups in total. The number of nitrogens with one attached hydrogen (secondary N) is 4. The summed E-state index contributed by atoms with van der Waals surface area (Å²) in [7, 11) is 0. The number of rotatable bonds is 9. The van der Waals surface area contributed by atoms with Crippen molar-refractivity contribution in [1.82, 2.24) is 21.3 Å². The third-order valence-electron chi connectivity index (χ3n) is 8.18. The van der Waals surface area contributed by atoms with E-state index in [2.05, 4.69) is 90.5 Å². The van der Waals surface area contributed by atoms with Gasteiger partial charge in [0.2, 0.25) is 0 Å². The smallest absolute Gasteiger partial charge is 0.0170 e. The molecule has 0 aromatic rings. The third kappa shape index (κ3) is 7.18. The lowest BCUT2D eigenvalue weighted by atomic mass is 9.72. The van der Waals surface area contributed by atoms with Gasteiger partial charge in [-0.1, -0.05) is 26.7 Å². The molecule has 0 saturated carbocycles. The summed E-state index contributed by atoms with van der Waals surface area (Å²) in [4.78, 5) is 0. The number of hydrogen-bond acceptors (Lipinski definition) is 4. The molecule has 0 spiro atoms. The Labute approximate surface area is 188 Å². The fourth-order valence-corrected chi connectivity index (χ4v) is 6.21. The predicted octanol–water partition coefficient (Wildman–Crippen LogP) is 4.84. The van der Waals surface area contributed by atoms with E-state index < -0.39 is 0 Å². The van der Waals surface area contributed by atoms with Gasteiger partial charge in [0.25, 0.3) is 0 Å². The predicted molar refractivity (Wildman–Crippen MR) is 132 cm³/mol. The summed E-state index contributed by atoms with van der Waals surface area (Å²) >= 11 is 0. The fraction of sp³-hybridized carbons (Fsp3) is 1.00. The minimum absolute atomic E-state index is 0.194. The highest BCUT2D eigenvalue weighted by molar-refractivity contribution is 5.04. The summed E-state index contributed by atoms with van der Waals surface area (Å²) in [5.74, 6) is 1.30. The van der Waals surface area contributed by atoms with Crippen LogP contribution in [0, 0.1) is 11.8 Å². The lowest BCUT2D eigenvalue weighted by Crippen LogP contribution is -2.66. The lowest BCUT2D eigenvalue weighted by molar-refractivity contribution is 0.0843. The fourth-order valence-electron chi connectivity index (χ4n) is 6.21. The topological polar surface area (TPSA) is 48.1 Å². The molecule has 2 aliphatic rings. The van der Waals surface area contributed by atoms with E-state index in [4.69, 9.17) is 0 Å². The van der Waals surface area contributed by atoms with Crippen LogP contribution in [-0.2, 0) is 0 Å². The molecular formula is C26H54N4. The normalized spacial score (nSPS) is 34.6. The molecule has 0 radical (unpaired) electrons. The summed E-state index contributed by atoms with van der Waals surface area (Å²) in [6.07, 6.45) is 7.67. The van der Waals surface area contributed by atoms with Crippen molar-refractivity contribution in [3.8, 4) is 0 Å². The Morgan fingerprint density at radius 1 is 0.600 bits per heavy atom. The molecule has 0 bridgehead atoms. The van der Waals surface area contributed by atoms with E-state index in [0.717, 1.165) is 13.1 Å². The first-order valence-electron chi connectivity index (χ1n) is 12.7. The zero-order valence-corrected chi connectivity index (χ0v) is 22.0. The van der Waals surface area contributed by atoms with Gasteiger partial charge in [0, 0.05) is 34.2 Å². The van der Waals surface area contributed by atoms with Crippen LogP contribution in [0.1, 0.15) is 108 Å². The minimum atomic E-state index is 0.194. The van der Waals surface area contributed by atoms with Crippen LogP contribution >= 0.6 is 0 Å². The molecule has 30 heavy (non-hydrogen) atoms. The van der Waals surface area contributed by atoms with Crippen LogP contribution in [0.3, 0.4) is 0 Å². The molecule has 2 aliphatic heterocycles. The van der Waals surface area contributed by atoms with Crippen molar-refractivity contribution < 1.29 is 0 Å². The average Bonchev–Trinajstić information content (AvgIpc) is 2.56. The molecule has 0 amide bonds. The van der Waals surface area contributed by atoms with Crippen LogP contribution in [0.4, 0.5) is 0 Å². The quantitative estimate of drug-likeness (QED) is 0.402. The molecule has 2 saturated heterocycles. The summed E-state index contributed by atoms with van der Waals surface area (Å²) < 4.78 is 0. The van der Waals surface area contributed by atoms with Gasteiger partial charge in [0.15, 0.2) is 0 Å². The second kappa shape index (κ2) is 9.77. The van der Waals surface area contributed by atoms with Crippen LogP contribution in [0.25, 0.3) is 0 Å². The van der Waals surface area contributed by atoms with Gasteiger partial charge in [-0.15, -0.1) is 0 Å². The minimum Gasteiger partial charge on any atom is -0.314 e.